The van der Waals surface area contributed by atoms with Crippen LogP contribution >= 0.6 is 0 Å². The van der Waals surface area contributed by atoms with E-state index in [0.717, 1.165) is 5.75 Å². The number of rotatable bonds is 6. The fraction of sp³-hybridized carbons (Fsp3) is 0.182. The average molecular weight is 351 g/mol. The van der Waals surface area contributed by atoms with Crippen LogP contribution < -0.4 is 10.1 Å². The Kier molecular flexibility index (Phi) is 5.54. The van der Waals surface area contributed by atoms with Gasteiger partial charge in [0.25, 0.3) is 0 Å². The molecule has 0 aromatic heterocycles. The summed E-state index contributed by atoms with van der Waals surface area (Å²) in [5.41, 5.74) is 2.39. The summed E-state index contributed by atoms with van der Waals surface area (Å²) in [7, 11) is 0. The molecule has 1 unspecified atom stereocenters. The van der Waals surface area contributed by atoms with Gasteiger partial charge in [-0.2, -0.15) is 0 Å². The molecule has 0 aliphatic rings. The molecule has 0 bridgehead atoms. The highest BCUT2D eigenvalue weighted by molar-refractivity contribution is 5.50. The number of hydrogen-bond donors (Lipinski definition) is 2. The van der Waals surface area contributed by atoms with Crippen molar-refractivity contribution < 1.29 is 14.2 Å². The van der Waals surface area contributed by atoms with E-state index in [2.05, 4.69) is 31.3 Å². The van der Waals surface area contributed by atoms with E-state index in [1.807, 2.05) is 30.3 Å². The van der Waals surface area contributed by atoms with Gasteiger partial charge >= 0.3 is 0 Å². The van der Waals surface area contributed by atoms with Gasteiger partial charge in [0, 0.05) is 17.3 Å². The lowest BCUT2D eigenvalue weighted by Crippen LogP contribution is -2.09. The molecule has 0 fully saturated rings. The maximum absolute atomic E-state index is 13.3. The third-order valence-corrected chi connectivity index (χ3v) is 4.08. The number of ether oxygens (including phenoxy) is 1. The van der Waals surface area contributed by atoms with Crippen molar-refractivity contribution in [3.8, 4) is 11.5 Å². The lowest BCUT2D eigenvalue weighted by Gasteiger charge is -2.15. The van der Waals surface area contributed by atoms with Crippen molar-refractivity contribution in [3.05, 3.63) is 89.7 Å². The van der Waals surface area contributed by atoms with E-state index in [1.165, 1.54) is 17.7 Å². The highest BCUT2D eigenvalue weighted by atomic mass is 19.1. The van der Waals surface area contributed by atoms with E-state index in [1.54, 1.807) is 18.2 Å². The van der Waals surface area contributed by atoms with E-state index in [-0.39, 0.29) is 5.82 Å². The second-order valence-corrected chi connectivity index (χ2v) is 6.46. The fourth-order valence-electron chi connectivity index (χ4n) is 2.62. The molecule has 4 heteroatoms. The molecule has 0 amide bonds. The molecule has 0 saturated heterocycles. The van der Waals surface area contributed by atoms with Crippen LogP contribution in [0.3, 0.4) is 0 Å². The van der Waals surface area contributed by atoms with Crippen LogP contribution in [-0.2, 0) is 0 Å². The molecule has 134 valence electrons. The first-order chi connectivity index (χ1) is 12.5. The van der Waals surface area contributed by atoms with E-state index in [0.29, 0.717) is 22.9 Å². The number of halogens is 1. The Bertz CT molecular complexity index is 862. The molecular formula is C22H22FNO2. The Labute approximate surface area is 153 Å². The van der Waals surface area contributed by atoms with Gasteiger partial charge in [0.2, 0.25) is 0 Å². The number of benzene rings is 3. The smallest absolute Gasteiger partial charge is 0.150 e. The molecule has 2 N–H and O–H groups in total. The van der Waals surface area contributed by atoms with Crippen LogP contribution in [0.1, 0.15) is 37.1 Å². The predicted molar refractivity (Wildman–Crippen MR) is 102 cm³/mol. The highest BCUT2D eigenvalue weighted by Crippen LogP contribution is 2.27. The molecular weight excluding hydrogens is 329 g/mol. The molecule has 0 heterocycles. The molecule has 3 rings (SSSR count). The zero-order valence-electron chi connectivity index (χ0n) is 14.8. The van der Waals surface area contributed by atoms with E-state index < -0.39 is 6.23 Å². The van der Waals surface area contributed by atoms with Gasteiger partial charge in [0.15, 0.2) is 6.23 Å². The molecule has 3 aromatic rings. The van der Waals surface area contributed by atoms with Crippen LogP contribution in [0.15, 0.2) is 72.8 Å². The minimum atomic E-state index is -1.01. The van der Waals surface area contributed by atoms with Crippen molar-refractivity contribution in [3.63, 3.8) is 0 Å². The zero-order valence-corrected chi connectivity index (χ0v) is 14.8. The van der Waals surface area contributed by atoms with Crippen molar-refractivity contribution >= 4 is 5.69 Å². The summed E-state index contributed by atoms with van der Waals surface area (Å²) in [4.78, 5) is 0. The van der Waals surface area contributed by atoms with E-state index in [9.17, 15) is 9.50 Å². The van der Waals surface area contributed by atoms with Gasteiger partial charge in [-0.3, -0.25) is 0 Å². The summed E-state index contributed by atoms with van der Waals surface area (Å²) in [6, 6.07) is 21.1. The topological polar surface area (TPSA) is 41.5 Å². The summed E-state index contributed by atoms with van der Waals surface area (Å²) in [5.74, 6) is 1.49. The normalized spacial score (nSPS) is 12.0. The van der Waals surface area contributed by atoms with Gasteiger partial charge in [-0.1, -0.05) is 44.2 Å². The van der Waals surface area contributed by atoms with Crippen LogP contribution in [0.5, 0.6) is 11.5 Å². The number of nitrogens with one attached hydrogen (secondary N) is 1. The van der Waals surface area contributed by atoms with Gasteiger partial charge in [-0.15, -0.1) is 0 Å². The maximum Gasteiger partial charge on any atom is 0.150 e. The van der Waals surface area contributed by atoms with Crippen LogP contribution in [0.4, 0.5) is 10.1 Å². The van der Waals surface area contributed by atoms with Gasteiger partial charge in [-0.25, -0.2) is 4.39 Å². The summed E-state index contributed by atoms with van der Waals surface area (Å²) < 4.78 is 19.2. The fourth-order valence-corrected chi connectivity index (χ4v) is 2.62. The summed E-state index contributed by atoms with van der Waals surface area (Å²) in [6.45, 7) is 4.30. The second kappa shape index (κ2) is 8.02. The van der Waals surface area contributed by atoms with Gasteiger partial charge in [0.05, 0.1) is 0 Å². The minimum Gasteiger partial charge on any atom is -0.457 e. The summed E-state index contributed by atoms with van der Waals surface area (Å²) in [6.07, 6.45) is -1.01. The van der Waals surface area contributed by atoms with Crippen molar-refractivity contribution in [2.75, 3.05) is 5.32 Å². The molecule has 0 aliphatic heterocycles. The highest BCUT2D eigenvalue weighted by Gasteiger charge is 2.09. The first-order valence-corrected chi connectivity index (χ1v) is 8.59. The lowest BCUT2D eigenvalue weighted by atomic mass is 10.0. The zero-order chi connectivity index (χ0) is 18.5. The van der Waals surface area contributed by atoms with Crippen LogP contribution in [0.25, 0.3) is 0 Å². The molecule has 3 aromatic carbocycles. The molecule has 0 radical (unpaired) electrons. The van der Waals surface area contributed by atoms with E-state index >= 15 is 0 Å². The van der Waals surface area contributed by atoms with Crippen molar-refractivity contribution in [1.82, 2.24) is 0 Å². The molecule has 0 spiro atoms. The van der Waals surface area contributed by atoms with E-state index in [4.69, 9.17) is 4.74 Å². The monoisotopic (exact) mass is 351 g/mol. The molecule has 0 aliphatic carbocycles. The van der Waals surface area contributed by atoms with Crippen molar-refractivity contribution in [2.24, 2.45) is 0 Å². The van der Waals surface area contributed by atoms with Gasteiger partial charge in [0.1, 0.15) is 17.3 Å². The summed E-state index contributed by atoms with van der Waals surface area (Å²) in [5, 5.41) is 13.2. The Hall–Kier alpha value is -2.85. The quantitative estimate of drug-likeness (QED) is 0.548. The SMILES string of the molecule is CC(C)c1ccc(Oc2cccc(NC(O)c3cccc(F)c3)c2)cc1. The second-order valence-electron chi connectivity index (χ2n) is 6.46. The van der Waals surface area contributed by atoms with Crippen LogP contribution in [-0.4, -0.2) is 5.11 Å². The lowest BCUT2D eigenvalue weighted by molar-refractivity contribution is 0.207. The Morgan fingerprint density at radius 1 is 0.846 bits per heavy atom. The third-order valence-electron chi connectivity index (χ3n) is 4.08. The number of aliphatic hydroxyl groups is 1. The van der Waals surface area contributed by atoms with Gasteiger partial charge < -0.3 is 15.2 Å². The average Bonchev–Trinajstić information content (AvgIpc) is 2.62. The van der Waals surface area contributed by atoms with Gasteiger partial charge in [-0.05, 0) is 47.9 Å². The Balaban J connectivity index is 1.69. The molecule has 0 saturated carbocycles. The largest absolute Gasteiger partial charge is 0.457 e. The van der Waals surface area contributed by atoms with Crippen LogP contribution in [0.2, 0.25) is 0 Å². The Morgan fingerprint density at radius 3 is 2.27 bits per heavy atom. The maximum atomic E-state index is 13.3. The van der Waals surface area contributed by atoms with Crippen molar-refractivity contribution in [1.29, 1.82) is 0 Å². The standard InChI is InChI=1S/C22H22FNO2/c1-15(2)16-9-11-20(12-10-16)26-21-8-4-7-19(14-21)24-22(25)17-5-3-6-18(23)13-17/h3-15,22,24-25H,1-2H3. The van der Waals surface area contributed by atoms with Crippen LogP contribution in [0, 0.1) is 5.82 Å². The number of anilines is 1. The molecule has 1 atom stereocenters. The first-order valence-electron chi connectivity index (χ1n) is 8.59. The third kappa shape index (κ3) is 4.61. The molecule has 26 heavy (non-hydrogen) atoms. The summed E-state index contributed by atoms with van der Waals surface area (Å²) >= 11 is 0. The number of aliphatic hydroxyl groups excluding tert-OH is 1. The molecule has 3 nitrogen and oxygen atoms in total. The predicted octanol–water partition coefficient (Wildman–Crippen LogP) is 5.84. The Morgan fingerprint density at radius 2 is 1.58 bits per heavy atom. The first kappa shape index (κ1) is 18.0. The minimum absolute atomic E-state index is 0.384. The number of hydrogen-bond acceptors (Lipinski definition) is 3. The van der Waals surface area contributed by atoms with Crippen molar-refractivity contribution in [2.45, 2.75) is 26.0 Å².